The van der Waals surface area contributed by atoms with Gasteiger partial charge >= 0.3 is 0 Å². The van der Waals surface area contributed by atoms with Gasteiger partial charge in [0.05, 0.1) is 0 Å². The van der Waals surface area contributed by atoms with E-state index in [-0.39, 0.29) is 0 Å². The number of halogens is 1. The molecule has 0 aromatic heterocycles. The fourth-order valence-electron chi connectivity index (χ4n) is 2.18. The topological polar surface area (TPSA) is 0 Å². The second-order valence-corrected chi connectivity index (χ2v) is 5.92. The molecule has 18 heavy (non-hydrogen) atoms. The fraction of sp³-hybridized carbons (Fsp3) is 0.529. The maximum Gasteiger partial charge on any atom is 0.0285 e. The molecule has 1 aromatic rings. The minimum absolute atomic E-state index is 0.840. The standard InChI is InChI=1S/C17H25Br/c1-4-15-10-11-17(13-18)16(12-15)9-7-5-6-8-14(2)3/h4,10-12,14H,1,5-9,13H2,2-3H3. The summed E-state index contributed by atoms with van der Waals surface area (Å²) in [7, 11) is 0. The van der Waals surface area contributed by atoms with Gasteiger partial charge in [0.15, 0.2) is 0 Å². The van der Waals surface area contributed by atoms with Crippen LogP contribution < -0.4 is 0 Å². The van der Waals surface area contributed by atoms with E-state index in [1.807, 2.05) is 6.08 Å². The van der Waals surface area contributed by atoms with E-state index in [1.54, 1.807) is 0 Å². The van der Waals surface area contributed by atoms with Crippen LogP contribution >= 0.6 is 15.9 Å². The van der Waals surface area contributed by atoms with Crippen molar-refractivity contribution in [2.24, 2.45) is 5.92 Å². The van der Waals surface area contributed by atoms with Crippen molar-refractivity contribution in [1.29, 1.82) is 0 Å². The van der Waals surface area contributed by atoms with E-state index in [0.717, 1.165) is 11.2 Å². The average molecular weight is 309 g/mol. The molecule has 0 aliphatic heterocycles. The van der Waals surface area contributed by atoms with Gasteiger partial charge in [0.1, 0.15) is 0 Å². The molecule has 1 heteroatoms. The van der Waals surface area contributed by atoms with Crippen LogP contribution in [-0.2, 0) is 11.8 Å². The summed E-state index contributed by atoms with van der Waals surface area (Å²) in [5.74, 6) is 0.840. The molecule has 0 saturated carbocycles. The van der Waals surface area contributed by atoms with Crippen molar-refractivity contribution in [2.75, 3.05) is 0 Å². The number of benzene rings is 1. The molecular formula is C17H25Br. The van der Waals surface area contributed by atoms with Gasteiger partial charge < -0.3 is 0 Å². The molecule has 0 radical (unpaired) electrons. The zero-order chi connectivity index (χ0) is 13.4. The van der Waals surface area contributed by atoms with Crippen molar-refractivity contribution in [2.45, 2.75) is 51.3 Å². The van der Waals surface area contributed by atoms with Crippen LogP contribution in [0.5, 0.6) is 0 Å². The molecule has 0 bridgehead atoms. The van der Waals surface area contributed by atoms with E-state index in [1.165, 1.54) is 48.8 Å². The van der Waals surface area contributed by atoms with Gasteiger partial charge in [0.2, 0.25) is 0 Å². The van der Waals surface area contributed by atoms with Gasteiger partial charge in [-0.1, -0.05) is 79.9 Å². The molecule has 1 rings (SSSR count). The largest absolute Gasteiger partial charge is 0.0985 e. The first-order valence-corrected chi connectivity index (χ1v) is 8.09. The smallest absolute Gasteiger partial charge is 0.0285 e. The third-order valence-corrected chi connectivity index (χ3v) is 3.94. The van der Waals surface area contributed by atoms with E-state index in [9.17, 15) is 0 Å². The van der Waals surface area contributed by atoms with Gasteiger partial charge in [-0.2, -0.15) is 0 Å². The normalized spacial score (nSPS) is 10.9. The molecule has 1 aromatic carbocycles. The predicted molar refractivity (Wildman–Crippen MR) is 86.2 cm³/mol. The van der Waals surface area contributed by atoms with Crippen molar-refractivity contribution < 1.29 is 0 Å². The van der Waals surface area contributed by atoms with E-state index in [4.69, 9.17) is 0 Å². The maximum atomic E-state index is 3.84. The first kappa shape index (κ1) is 15.5. The molecule has 0 N–H and O–H groups in total. The molecule has 0 atom stereocenters. The highest BCUT2D eigenvalue weighted by Gasteiger charge is 2.02. The highest BCUT2D eigenvalue weighted by Crippen LogP contribution is 2.19. The minimum atomic E-state index is 0.840. The Balaban J connectivity index is 2.47. The number of unbranched alkanes of at least 4 members (excludes halogenated alkanes) is 2. The van der Waals surface area contributed by atoms with Crippen molar-refractivity contribution in [3.63, 3.8) is 0 Å². The number of hydrogen-bond acceptors (Lipinski definition) is 0. The monoisotopic (exact) mass is 308 g/mol. The lowest BCUT2D eigenvalue weighted by Gasteiger charge is -2.09. The first-order chi connectivity index (χ1) is 8.67. The van der Waals surface area contributed by atoms with Gasteiger partial charge in [-0.25, -0.2) is 0 Å². The number of aryl methyl sites for hydroxylation is 1. The summed E-state index contributed by atoms with van der Waals surface area (Å²) in [4.78, 5) is 0. The molecule has 0 aliphatic rings. The zero-order valence-corrected chi connectivity index (χ0v) is 13.3. The molecule has 0 spiro atoms. The highest BCUT2D eigenvalue weighted by atomic mass is 79.9. The second-order valence-electron chi connectivity index (χ2n) is 5.36. The maximum absolute atomic E-state index is 3.84. The molecule has 0 heterocycles. The summed E-state index contributed by atoms with van der Waals surface area (Å²) in [6.45, 7) is 8.45. The van der Waals surface area contributed by atoms with Crippen molar-refractivity contribution in [3.05, 3.63) is 41.5 Å². The Kier molecular flexibility index (Phi) is 7.34. The third kappa shape index (κ3) is 5.39. The fourth-order valence-corrected chi connectivity index (χ4v) is 2.73. The Bertz CT molecular complexity index is 366. The lowest BCUT2D eigenvalue weighted by atomic mass is 9.98. The van der Waals surface area contributed by atoms with Gasteiger partial charge in [-0.05, 0) is 35.4 Å². The predicted octanol–water partition coefficient (Wildman–Crippen LogP) is 5.98. The van der Waals surface area contributed by atoms with Crippen molar-refractivity contribution in [3.8, 4) is 0 Å². The summed E-state index contributed by atoms with van der Waals surface area (Å²) in [6.07, 6.45) is 8.49. The van der Waals surface area contributed by atoms with Crippen LogP contribution in [0.15, 0.2) is 24.8 Å². The van der Waals surface area contributed by atoms with E-state index >= 15 is 0 Å². The quantitative estimate of drug-likeness (QED) is 0.409. The Labute approximate surface area is 121 Å². The van der Waals surface area contributed by atoms with Gasteiger partial charge in [0, 0.05) is 5.33 Å². The van der Waals surface area contributed by atoms with Gasteiger partial charge in [-0.3, -0.25) is 0 Å². The van der Waals surface area contributed by atoms with Crippen LogP contribution in [0.4, 0.5) is 0 Å². The Morgan fingerprint density at radius 3 is 2.56 bits per heavy atom. The Morgan fingerprint density at radius 1 is 1.17 bits per heavy atom. The summed E-state index contributed by atoms with van der Waals surface area (Å²) >= 11 is 3.57. The molecule has 100 valence electrons. The summed E-state index contributed by atoms with van der Waals surface area (Å²) in [5.41, 5.74) is 4.13. The van der Waals surface area contributed by atoms with Crippen LogP contribution in [0.25, 0.3) is 6.08 Å². The SMILES string of the molecule is C=Cc1ccc(CBr)c(CCCCCC(C)C)c1. The highest BCUT2D eigenvalue weighted by molar-refractivity contribution is 9.08. The van der Waals surface area contributed by atoms with E-state index in [0.29, 0.717) is 0 Å². The molecule has 0 aliphatic carbocycles. The molecule has 0 amide bonds. The van der Waals surface area contributed by atoms with Crippen LogP contribution in [-0.4, -0.2) is 0 Å². The van der Waals surface area contributed by atoms with Crippen LogP contribution in [0.3, 0.4) is 0 Å². The van der Waals surface area contributed by atoms with Crippen LogP contribution in [0.1, 0.15) is 56.2 Å². The first-order valence-electron chi connectivity index (χ1n) is 6.97. The van der Waals surface area contributed by atoms with E-state index in [2.05, 4.69) is 54.6 Å². The summed E-state index contributed by atoms with van der Waals surface area (Å²) in [5, 5.41) is 0.950. The van der Waals surface area contributed by atoms with Crippen molar-refractivity contribution >= 4 is 22.0 Å². The van der Waals surface area contributed by atoms with Crippen LogP contribution in [0, 0.1) is 5.92 Å². The number of alkyl halides is 1. The molecule has 0 nitrogen and oxygen atoms in total. The van der Waals surface area contributed by atoms with Crippen LogP contribution in [0.2, 0.25) is 0 Å². The number of rotatable bonds is 8. The summed E-state index contributed by atoms with van der Waals surface area (Å²) in [6, 6.07) is 6.65. The zero-order valence-electron chi connectivity index (χ0n) is 11.7. The lowest BCUT2D eigenvalue weighted by molar-refractivity contribution is 0.527. The lowest BCUT2D eigenvalue weighted by Crippen LogP contribution is -1.94. The van der Waals surface area contributed by atoms with E-state index < -0.39 is 0 Å². The molecule has 0 fully saturated rings. The number of hydrogen-bond donors (Lipinski definition) is 0. The van der Waals surface area contributed by atoms with Crippen molar-refractivity contribution in [1.82, 2.24) is 0 Å². The minimum Gasteiger partial charge on any atom is -0.0985 e. The molecule has 0 unspecified atom stereocenters. The molecule has 0 saturated heterocycles. The van der Waals surface area contributed by atoms with Gasteiger partial charge in [-0.15, -0.1) is 0 Å². The third-order valence-electron chi connectivity index (χ3n) is 3.34. The summed E-state index contributed by atoms with van der Waals surface area (Å²) < 4.78 is 0. The van der Waals surface area contributed by atoms with Gasteiger partial charge in [0.25, 0.3) is 0 Å². The average Bonchev–Trinajstić information content (AvgIpc) is 2.37. The second kappa shape index (κ2) is 8.53. The molecular weight excluding hydrogens is 284 g/mol. The Hall–Kier alpha value is -0.560. The Morgan fingerprint density at radius 2 is 1.94 bits per heavy atom.